The van der Waals surface area contributed by atoms with Crippen LogP contribution in [0, 0.1) is 6.92 Å². The van der Waals surface area contributed by atoms with Gasteiger partial charge >= 0.3 is 5.97 Å². The second kappa shape index (κ2) is 9.41. The number of benzene rings is 2. The number of carbonyl (C=O) groups is 3. The first-order valence-corrected chi connectivity index (χ1v) is 10.0. The lowest BCUT2D eigenvalue weighted by atomic mass is 10.2. The van der Waals surface area contributed by atoms with Crippen LogP contribution < -0.4 is 10.6 Å². The predicted molar refractivity (Wildman–Crippen MR) is 108 cm³/mol. The number of hydrogen-bond acceptors (Lipinski definition) is 5. The fourth-order valence-electron chi connectivity index (χ4n) is 2.44. The van der Waals surface area contributed by atoms with Crippen LogP contribution in [0.3, 0.4) is 0 Å². The highest BCUT2D eigenvalue weighted by Crippen LogP contribution is 2.24. The quantitative estimate of drug-likeness (QED) is 0.527. The van der Waals surface area contributed by atoms with Gasteiger partial charge in [0.1, 0.15) is 0 Å². The molecule has 0 bridgehead atoms. The first-order valence-electron chi connectivity index (χ1n) is 9.06. The Bertz CT molecular complexity index is 863. The molecule has 1 fully saturated rings. The lowest BCUT2D eigenvalue weighted by molar-refractivity contribution is -0.124. The van der Waals surface area contributed by atoms with Crippen molar-refractivity contribution in [2.75, 3.05) is 17.7 Å². The van der Waals surface area contributed by atoms with Gasteiger partial charge in [-0.15, -0.1) is 11.8 Å². The van der Waals surface area contributed by atoms with E-state index >= 15 is 0 Å². The Hall–Kier alpha value is -2.80. The van der Waals surface area contributed by atoms with Crippen molar-refractivity contribution < 1.29 is 19.1 Å². The van der Waals surface area contributed by atoms with E-state index in [9.17, 15) is 14.4 Å². The number of carbonyl (C=O) groups excluding carboxylic acids is 3. The molecule has 1 aliphatic carbocycles. The molecule has 1 aliphatic rings. The van der Waals surface area contributed by atoms with E-state index in [0.717, 1.165) is 24.1 Å². The van der Waals surface area contributed by atoms with E-state index in [-0.39, 0.29) is 30.2 Å². The van der Waals surface area contributed by atoms with E-state index in [1.165, 1.54) is 11.8 Å². The maximum Gasteiger partial charge on any atom is 0.339 e. The molecule has 0 atom stereocenters. The molecule has 0 aliphatic heterocycles. The molecule has 2 N–H and O–H groups in total. The number of ether oxygens (including phenoxy) is 1. The summed E-state index contributed by atoms with van der Waals surface area (Å²) < 4.78 is 5.11. The van der Waals surface area contributed by atoms with E-state index in [1.807, 2.05) is 31.2 Å². The standard InChI is InChI=1S/C21H22N2O4S/c1-14-6-8-15(9-7-14)23-20(25)13-28-18-5-3-2-4-17(18)21(26)27-12-19(24)22-16-10-11-16/h2-9,16H,10-13H2,1H3,(H,22,24)(H,23,25). The van der Waals surface area contributed by atoms with E-state index < -0.39 is 5.97 Å². The fourth-order valence-corrected chi connectivity index (χ4v) is 3.28. The second-order valence-electron chi connectivity index (χ2n) is 6.62. The Balaban J connectivity index is 1.52. The predicted octanol–water partition coefficient (Wildman–Crippen LogP) is 3.16. The Morgan fingerprint density at radius 2 is 1.75 bits per heavy atom. The summed E-state index contributed by atoms with van der Waals surface area (Å²) in [5, 5.41) is 5.59. The van der Waals surface area contributed by atoms with Crippen LogP contribution in [0.2, 0.25) is 0 Å². The van der Waals surface area contributed by atoms with Gasteiger partial charge < -0.3 is 15.4 Å². The molecule has 2 aromatic rings. The van der Waals surface area contributed by atoms with Crippen molar-refractivity contribution in [1.82, 2.24) is 5.32 Å². The summed E-state index contributed by atoms with van der Waals surface area (Å²) in [7, 11) is 0. The van der Waals surface area contributed by atoms with Gasteiger partial charge in [-0.3, -0.25) is 9.59 Å². The third-order valence-electron chi connectivity index (χ3n) is 4.08. The van der Waals surface area contributed by atoms with Crippen LogP contribution in [0.4, 0.5) is 5.69 Å². The van der Waals surface area contributed by atoms with E-state index in [2.05, 4.69) is 10.6 Å². The number of nitrogens with one attached hydrogen (secondary N) is 2. The summed E-state index contributed by atoms with van der Waals surface area (Å²) >= 11 is 1.25. The zero-order valence-electron chi connectivity index (χ0n) is 15.6. The molecule has 28 heavy (non-hydrogen) atoms. The van der Waals surface area contributed by atoms with Crippen molar-refractivity contribution in [3.05, 3.63) is 59.7 Å². The molecule has 6 nitrogen and oxygen atoms in total. The first kappa shape index (κ1) is 19.9. The van der Waals surface area contributed by atoms with Crippen molar-refractivity contribution in [3.63, 3.8) is 0 Å². The minimum Gasteiger partial charge on any atom is -0.452 e. The summed E-state index contributed by atoms with van der Waals surface area (Å²) in [6, 6.07) is 14.6. The van der Waals surface area contributed by atoms with E-state index in [1.54, 1.807) is 24.3 Å². The maximum absolute atomic E-state index is 12.3. The molecule has 0 saturated heterocycles. The number of rotatable bonds is 8. The molecule has 0 radical (unpaired) electrons. The van der Waals surface area contributed by atoms with Crippen molar-refractivity contribution in [3.8, 4) is 0 Å². The third kappa shape index (κ3) is 6.13. The SMILES string of the molecule is Cc1ccc(NC(=O)CSc2ccccc2C(=O)OCC(=O)NC2CC2)cc1. The topological polar surface area (TPSA) is 84.5 Å². The molecule has 0 heterocycles. The monoisotopic (exact) mass is 398 g/mol. The number of thioether (sulfide) groups is 1. The molecular weight excluding hydrogens is 376 g/mol. The number of amides is 2. The molecule has 0 unspecified atom stereocenters. The highest BCUT2D eigenvalue weighted by molar-refractivity contribution is 8.00. The lowest BCUT2D eigenvalue weighted by Gasteiger charge is -2.10. The van der Waals surface area contributed by atoms with Gasteiger partial charge in [-0.05, 0) is 44.0 Å². The van der Waals surface area contributed by atoms with Gasteiger partial charge in [0.15, 0.2) is 6.61 Å². The maximum atomic E-state index is 12.3. The van der Waals surface area contributed by atoms with Crippen molar-refractivity contribution >= 4 is 35.2 Å². The van der Waals surface area contributed by atoms with Gasteiger partial charge in [0.2, 0.25) is 5.91 Å². The van der Waals surface area contributed by atoms with E-state index in [4.69, 9.17) is 4.74 Å². The fraction of sp³-hybridized carbons (Fsp3) is 0.286. The van der Waals surface area contributed by atoms with Crippen LogP contribution in [-0.4, -0.2) is 36.2 Å². The largest absolute Gasteiger partial charge is 0.452 e. The van der Waals surface area contributed by atoms with Gasteiger partial charge in [-0.1, -0.05) is 29.8 Å². The summed E-state index contributed by atoms with van der Waals surface area (Å²) in [4.78, 5) is 36.8. The van der Waals surface area contributed by atoms with Crippen molar-refractivity contribution in [2.45, 2.75) is 30.7 Å². The summed E-state index contributed by atoms with van der Waals surface area (Å²) in [6.07, 6.45) is 1.95. The lowest BCUT2D eigenvalue weighted by Crippen LogP contribution is -2.30. The number of esters is 1. The minimum absolute atomic E-state index is 0.153. The normalized spacial score (nSPS) is 12.9. The van der Waals surface area contributed by atoms with Crippen LogP contribution >= 0.6 is 11.8 Å². The van der Waals surface area contributed by atoms with Gasteiger partial charge in [0, 0.05) is 16.6 Å². The molecule has 2 aromatic carbocycles. The van der Waals surface area contributed by atoms with Crippen LogP contribution in [0.1, 0.15) is 28.8 Å². The summed E-state index contributed by atoms with van der Waals surface area (Å²) in [5.74, 6) is -0.882. The molecule has 0 aromatic heterocycles. The number of aryl methyl sites for hydroxylation is 1. The third-order valence-corrected chi connectivity index (χ3v) is 5.15. The molecule has 146 valence electrons. The van der Waals surface area contributed by atoms with Gasteiger partial charge in [0.05, 0.1) is 11.3 Å². The molecule has 2 amide bonds. The molecule has 3 rings (SSSR count). The number of anilines is 1. The zero-order valence-corrected chi connectivity index (χ0v) is 16.4. The van der Waals surface area contributed by atoms with Gasteiger partial charge in [-0.2, -0.15) is 0 Å². The summed E-state index contributed by atoms with van der Waals surface area (Å²) in [6.45, 7) is 1.68. The highest BCUT2D eigenvalue weighted by atomic mass is 32.2. The minimum atomic E-state index is -0.576. The Kier molecular flexibility index (Phi) is 6.71. The zero-order chi connectivity index (χ0) is 19.9. The average Bonchev–Trinajstić information content (AvgIpc) is 3.50. The van der Waals surface area contributed by atoms with Crippen LogP contribution in [0.15, 0.2) is 53.4 Å². The summed E-state index contributed by atoms with van der Waals surface area (Å²) in [5.41, 5.74) is 2.19. The number of hydrogen-bond donors (Lipinski definition) is 2. The van der Waals surface area contributed by atoms with Crippen LogP contribution in [-0.2, 0) is 14.3 Å². The Morgan fingerprint density at radius 3 is 2.46 bits per heavy atom. The molecule has 7 heteroatoms. The average molecular weight is 398 g/mol. The Morgan fingerprint density at radius 1 is 1.04 bits per heavy atom. The van der Waals surface area contributed by atoms with E-state index in [0.29, 0.717) is 10.5 Å². The second-order valence-corrected chi connectivity index (χ2v) is 7.63. The molecule has 1 saturated carbocycles. The first-order chi connectivity index (χ1) is 13.5. The Labute approximate surface area is 168 Å². The van der Waals surface area contributed by atoms with Crippen molar-refractivity contribution in [2.24, 2.45) is 0 Å². The van der Waals surface area contributed by atoms with Crippen molar-refractivity contribution in [1.29, 1.82) is 0 Å². The smallest absolute Gasteiger partial charge is 0.339 e. The van der Waals surface area contributed by atoms with Crippen LogP contribution in [0.25, 0.3) is 0 Å². The van der Waals surface area contributed by atoms with Crippen LogP contribution in [0.5, 0.6) is 0 Å². The van der Waals surface area contributed by atoms with Gasteiger partial charge in [0.25, 0.3) is 5.91 Å². The highest BCUT2D eigenvalue weighted by Gasteiger charge is 2.24. The molecular formula is C21H22N2O4S. The van der Waals surface area contributed by atoms with Gasteiger partial charge in [-0.25, -0.2) is 4.79 Å². The molecule has 0 spiro atoms.